The molecule has 1 aliphatic rings. The van der Waals surface area contributed by atoms with Gasteiger partial charge in [-0.05, 0) is 6.07 Å². The molecule has 1 amide bonds. The Morgan fingerprint density at radius 2 is 2.17 bits per heavy atom. The number of carbonyl (C=O) groups is 1. The number of nitrogens with one attached hydrogen (secondary N) is 3. The number of nitrogens with zero attached hydrogens (tertiary/aromatic N) is 1. The van der Waals surface area contributed by atoms with Gasteiger partial charge in [-0.3, -0.25) is 14.9 Å². The number of hydrogen-bond acceptors (Lipinski definition) is 6. The fourth-order valence-electron chi connectivity index (χ4n) is 2.23. The highest BCUT2D eigenvalue weighted by atomic mass is 35.5. The molecule has 1 unspecified atom stereocenters. The van der Waals surface area contributed by atoms with Gasteiger partial charge in [0.05, 0.1) is 4.92 Å². The van der Waals surface area contributed by atoms with Gasteiger partial charge in [0.15, 0.2) is 0 Å². The van der Waals surface area contributed by atoms with E-state index in [1.165, 1.54) is 6.07 Å². The maximum absolute atomic E-state index is 11.8. The molecule has 128 valence electrons. The molecule has 1 aromatic carbocycles. The van der Waals surface area contributed by atoms with E-state index in [-0.39, 0.29) is 30.0 Å². The van der Waals surface area contributed by atoms with Crippen LogP contribution < -0.4 is 16.0 Å². The van der Waals surface area contributed by atoms with Crippen molar-refractivity contribution in [2.75, 3.05) is 36.5 Å². The molecule has 7 nitrogen and oxygen atoms in total. The van der Waals surface area contributed by atoms with Crippen LogP contribution in [0.1, 0.15) is 6.42 Å². The lowest BCUT2D eigenvalue weighted by molar-refractivity contribution is -0.384. The van der Waals surface area contributed by atoms with Gasteiger partial charge in [-0.1, -0.05) is 12.1 Å². The Labute approximate surface area is 145 Å². The minimum absolute atomic E-state index is 0. The highest BCUT2D eigenvalue weighted by molar-refractivity contribution is 7.99. The van der Waals surface area contributed by atoms with Crippen LogP contribution >= 0.6 is 24.2 Å². The lowest BCUT2D eigenvalue weighted by atomic mass is 10.2. The SMILES string of the molecule is Cl.O=C(CC1CSCCN1)NCCNc1ccccc1[N+](=O)[O-]. The maximum atomic E-state index is 11.8. The smallest absolute Gasteiger partial charge is 0.292 e. The zero-order valence-electron chi connectivity index (χ0n) is 12.6. The van der Waals surface area contributed by atoms with Gasteiger partial charge in [-0.25, -0.2) is 0 Å². The molecular formula is C14H21ClN4O3S. The predicted octanol–water partition coefficient (Wildman–Crippen LogP) is 1.64. The number of thioether (sulfide) groups is 1. The number of rotatable bonds is 7. The number of anilines is 1. The predicted molar refractivity (Wildman–Crippen MR) is 95.6 cm³/mol. The van der Waals surface area contributed by atoms with Crippen molar-refractivity contribution in [2.24, 2.45) is 0 Å². The number of nitro groups is 1. The minimum Gasteiger partial charge on any atom is -0.378 e. The summed E-state index contributed by atoms with van der Waals surface area (Å²) in [5.41, 5.74) is 0.504. The Balaban J connectivity index is 0.00000264. The van der Waals surface area contributed by atoms with Gasteiger partial charge in [0.1, 0.15) is 5.69 Å². The number of nitro benzene ring substituents is 1. The van der Waals surface area contributed by atoms with E-state index in [4.69, 9.17) is 0 Å². The van der Waals surface area contributed by atoms with E-state index >= 15 is 0 Å². The zero-order chi connectivity index (χ0) is 15.8. The van der Waals surface area contributed by atoms with Crippen LogP contribution in [0.15, 0.2) is 24.3 Å². The fraction of sp³-hybridized carbons (Fsp3) is 0.500. The number of hydrogen-bond donors (Lipinski definition) is 3. The minimum atomic E-state index is -0.423. The second-order valence-corrected chi connectivity index (χ2v) is 6.13. The van der Waals surface area contributed by atoms with Crippen LogP contribution in [0.4, 0.5) is 11.4 Å². The first-order valence-corrected chi connectivity index (χ1v) is 8.37. The Morgan fingerprint density at radius 3 is 2.87 bits per heavy atom. The van der Waals surface area contributed by atoms with Crippen LogP contribution in [0.2, 0.25) is 0 Å². The first kappa shape index (κ1) is 19.5. The van der Waals surface area contributed by atoms with Gasteiger partial charge >= 0.3 is 0 Å². The third-order valence-corrected chi connectivity index (χ3v) is 4.42. The van der Waals surface area contributed by atoms with E-state index in [0.717, 1.165) is 18.1 Å². The van der Waals surface area contributed by atoms with E-state index < -0.39 is 4.92 Å². The number of para-hydroxylation sites is 2. The summed E-state index contributed by atoms with van der Waals surface area (Å²) in [4.78, 5) is 22.2. The Hall–Kier alpha value is -1.51. The lowest BCUT2D eigenvalue weighted by Gasteiger charge is -2.22. The summed E-state index contributed by atoms with van der Waals surface area (Å²) in [6.07, 6.45) is 0.471. The van der Waals surface area contributed by atoms with Crippen molar-refractivity contribution < 1.29 is 9.72 Å². The average molecular weight is 361 g/mol. The number of benzene rings is 1. The second kappa shape index (κ2) is 10.3. The Kier molecular flexibility index (Phi) is 8.75. The van der Waals surface area contributed by atoms with Gasteiger partial charge < -0.3 is 16.0 Å². The third-order valence-electron chi connectivity index (χ3n) is 3.29. The summed E-state index contributed by atoms with van der Waals surface area (Å²) in [5, 5.41) is 20.0. The van der Waals surface area contributed by atoms with Crippen LogP contribution in [0.5, 0.6) is 0 Å². The van der Waals surface area contributed by atoms with Crippen molar-refractivity contribution in [3.63, 3.8) is 0 Å². The fourth-order valence-corrected chi connectivity index (χ4v) is 3.18. The standard InChI is InChI=1S/C14H20N4O3S.ClH/c19-14(9-11-10-22-8-7-15-11)17-6-5-16-12-3-1-2-4-13(12)18(20)21;/h1-4,11,15-16H,5-10H2,(H,17,19);1H. The average Bonchev–Trinajstić information content (AvgIpc) is 2.53. The lowest BCUT2D eigenvalue weighted by Crippen LogP contribution is -2.42. The van der Waals surface area contributed by atoms with E-state index in [9.17, 15) is 14.9 Å². The van der Waals surface area contributed by atoms with Gasteiger partial charge in [0, 0.05) is 49.7 Å². The van der Waals surface area contributed by atoms with Crippen molar-refractivity contribution in [3.05, 3.63) is 34.4 Å². The molecule has 1 aromatic rings. The molecule has 1 aliphatic heterocycles. The first-order valence-electron chi connectivity index (χ1n) is 7.22. The normalized spacial score (nSPS) is 17.0. The van der Waals surface area contributed by atoms with E-state index in [1.807, 2.05) is 11.8 Å². The maximum Gasteiger partial charge on any atom is 0.292 e. The molecule has 1 fully saturated rings. The molecule has 0 aromatic heterocycles. The Bertz CT molecular complexity index is 526. The Morgan fingerprint density at radius 1 is 1.39 bits per heavy atom. The van der Waals surface area contributed by atoms with Gasteiger partial charge in [-0.15, -0.1) is 12.4 Å². The summed E-state index contributed by atoms with van der Waals surface area (Å²) < 4.78 is 0. The summed E-state index contributed by atoms with van der Waals surface area (Å²) in [5.74, 6) is 2.06. The van der Waals surface area contributed by atoms with Crippen LogP contribution in [0.3, 0.4) is 0 Å². The number of amides is 1. The van der Waals surface area contributed by atoms with Crippen LogP contribution in [-0.4, -0.2) is 48.0 Å². The van der Waals surface area contributed by atoms with Crippen molar-refractivity contribution in [3.8, 4) is 0 Å². The van der Waals surface area contributed by atoms with Gasteiger partial charge in [-0.2, -0.15) is 11.8 Å². The summed E-state index contributed by atoms with van der Waals surface area (Å²) >= 11 is 1.86. The highest BCUT2D eigenvalue weighted by Gasteiger charge is 2.16. The molecule has 1 atom stereocenters. The molecule has 23 heavy (non-hydrogen) atoms. The topological polar surface area (TPSA) is 96.3 Å². The molecular weight excluding hydrogens is 340 g/mol. The molecule has 2 rings (SSSR count). The number of halogens is 1. The number of carbonyl (C=O) groups excluding carboxylic acids is 1. The molecule has 9 heteroatoms. The van der Waals surface area contributed by atoms with Crippen LogP contribution in [0, 0.1) is 10.1 Å². The van der Waals surface area contributed by atoms with Crippen molar-refractivity contribution >= 4 is 41.5 Å². The molecule has 0 aliphatic carbocycles. The van der Waals surface area contributed by atoms with E-state index in [1.54, 1.807) is 18.2 Å². The second-order valence-electron chi connectivity index (χ2n) is 4.98. The van der Waals surface area contributed by atoms with Crippen LogP contribution in [0.25, 0.3) is 0 Å². The van der Waals surface area contributed by atoms with Crippen molar-refractivity contribution in [2.45, 2.75) is 12.5 Å². The van der Waals surface area contributed by atoms with E-state index in [2.05, 4.69) is 16.0 Å². The third kappa shape index (κ3) is 6.64. The van der Waals surface area contributed by atoms with Crippen LogP contribution in [-0.2, 0) is 4.79 Å². The zero-order valence-corrected chi connectivity index (χ0v) is 14.3. The monoisotopic (exact) mass is 360 g/mol. The van der Waals surface area contributed by atoms with Crippen molar-refractivity contribution in [1.29, 1.82) is 0 Å². The molecule has 3 N–H and O–H groups in total. The molecule has 0 spiro atoms. The van der Waals surface area contributed by atoms with E-state index in [0.29, 0.717) is 25.2 Å². The molecule has 1 heterocycles. The van der Waals surface area contributed by atoms with Gasteiger partial charge in [0.2, 0.25) is 5.91 Å². The molecule has 0 radical (unpaired) electrons. The molecule has 0 saturated carbocycles. The highest BCUT2D eigenvalue weighted by Crippen LogP contribution is 2.22. The summed E-state index contributed by atoms with van der Waals surface area (Å²) in [7, 11) is 0. The first-order chi connectivity index (χ1) is 10.7. The quantitative estimate of drug-likeness (QED) is 0.388. The summed E-state index contributed by atoms with van der Waals surface area (Å²) in [6, 6.07) is 6.71. The largest absolute Gasteiger partial charge is 0.378 e. The van der Waals surface area contributed by atoms with Crippen molar-refractivity contribution in [1.82, 2.24) is 10.6 Å². The molecule has 1 saturated heterocycles. The molecule has 0 bridgehead atoms. The summed E-state index contributed by atoms with van der Waals surface area (Å²) in [6.45, 7) is 1.83. The van der Waals surface area contributed by atoms with Gasteiger partial charge in [0.25, 0.3) is 5.69 Å².